The maximum atomic E-state index is 12.9. The Hall–Kier alpha value is -2.17. The minimum atomic E-state index is -0.289. The molecule has 20 heavy (non-hydrogen) atoms. The number of hydrogen-bond donors (Lipinski definition) is 1. The summed E-state index contributed by atoms with van der Waals surface area (Å²) < 4.78 is 17.9. The van der Waals surface area contributed by atoms with E-state index in [-0.39, 0.29) is 11.7 Å². The van der Waals surface area contributed by atoms with E-state index in [0.29, 0.717) is 24.6 Å². The average molecular weight is 274 g/mol. The minimum absolute atomic E-state index is 0.0544. The molecule has 104 valence electrons. The second kappa shape index (κ2) is 5.45. The molecule has 5 heteroatoms. The van der Waals surface area contributed by atoms with Crippen LogP contribution in [-0.4, -0.2) is 17.1 Å². The first-order chi connectivity index (χ1) is 9.72. The highest BCUT2D eigenvalue weighted by Crippen LogP contribution is 2.24. The highest BCUT2D eigenvalue weighted by Gasteiger charge is 2.23. The summed E-state index contributed by atoms with van der Waals surface area (Å²) >= 11 is 0. The Labute approximate surface area is 116 Å². The van der Waals surface area contributed by atoms with Crippen LogP contribution in [0, 0.1) is 5.82 Å². The van der Waals surface area contributed by atoms with E-state index in [2.05, 4.69) is 10.5 Å². The number of aromatic nitrogens is 1. The van der Waals surface area contributed by atoms with Gasteiger partial charge in [0, 0.05) is 23.6 Å². The van der Waals surface area contributed by atoms with Gasteiger partial charge < -0.3 is 9.84 Å². The fourth-order valence-corrected chi connectivity index (χ4v) is 2.06. The molecule has 1 aromatic heterocycles. The summed E-state index contributed by atoms with van der Waals surface area (Å²) in [6, 6.07) is 6.45. The number of carbonyl (C=O) groups excluding carboxylic acids is 1. The summed E-state index contributed by atoms with van der Waals surface area (Å²) in [5.74, 6) is -0.235. The highest BCUT2D eigenvalue weighted by molar-refractivity contribution is 5.77. The number of carbonyl (C=O) groups is 1. The molecule has 1 N–H and O–H groups in total. The van der Waals surface area contributed by atoms with Gasteiger partial charge in [0.25, 0.3) is 0 Å². The van der Waals surface area contributed by atoms with Gasteiger partial charge in [0.05, 0.1) is 0 Å². The lowest BCUT2D eigenvalue weighted by atomic mass is 10.0. The van der Waals surface area contributed by atoms with Crippen LogP contribution in [-0.2, 0) is 11.2 Å². The van der Waals surface area contributed by atoms with Gasteiger partial charge in [0.15, 0.2) is 0 Å². The van der Waals surface area contributed by atoms with Gasteiger partial charge in [0.2, 0.25) is 5.91 Å². The molecule has 1 heterocycles. The molecule has 0 saturated heterocycles. The first kappa shape index (κ1) is 12.8. The molecule has 0 spiro atoms. The zero-order valence-electron chi connectivity index (χ0n) is 10.9. The standard InChI is InChI=1S/C15H15FN2O2/c16-12-4-1-10(2-5-12)15-11(9-20-18-15)3-8-14(19)17-13-6-7-13/h1-2,4-5,9,13H,3,6-8H2,(H,17,19). The first-order valence-electron chi connectivity index (χ1n) is 6.71. The number of halogens is 1. The summed E-state index contributed by atoms with van der Waals surface area (Å²) in [5.41, 5.74) is 2.32. The molecular weight excluding hydrogens is 259 g/mol. The molecule has 1 fully saturated rings. The largest absolute Gasteiger partial charge is 0.364 e. The Balaban J connectivity index is 1.66. The molecule has 0 unspecified atom stereocenters. The topological polar surface area (TPSA) is 55.1 Å². The highest BCUT2D eigenvalue weighted by atomic mass is 19.1. The maximum Gasteiger partial charge on any atom is 0.220 e. The van der Waals surface area contributed by atoms with E-state index in [1.54, 1.807) is 18.4 Å². The average Bonchev–Trinajstić information content (AvgIpc) is 3.13. The molecule has 0 atom stereocenters. The van der Waals surface area contributed by atoms with Crippen molar-refractivity contribution >= 4 is 5.91 Å². The molecular formula is C15H15FN2O2. The van der Waals surface area contributed by atoms with Crippen molar-refractivity contribution in [3.8, 4) is 11.3 Å². The monoisotopic (exact) mass is 274 g/mol. The summed E-state index contributed by atoms with van der Waals surface area (Å²) in [7, 11) is 0. The van der Waals surface area contributed by atoms with Crippen molar-refractivity contribution in [2.45, 2.75) is 31.7 Å². The zero-order chi connectivity index (χ0) is 13.9. The lowest BCUT2D eigenvalue weighted by Gasteiger charge is -2.03. The van der Waals surface area contributed by atoms with Crippen molar-refractivity contribution in [3.63, 3.8) is 0 Å². The van der Waals surface area contributed by atoms with Crippen molar-refractivity contribution in [2.24, 2.45) is 0 Å². The molecule has 3 rings (SSSR count). The van der Waals surface area contributed by atoms with E-state index >= 15 is 0 Å². The smallest absolute Gasteiger partial charge is 0.220 e. The molecule has 2 aromatic rings. The number of amides is 1. The third kappa shape index (κ3) is 3.04. The minimum Gasteiger partial charge on any atom is -0.364 e. The third-order valence-electron chi connectivity index (χ3n) is 3.32. The Morgan fingerprint density at radius 1 is 1.35 bits per heavy atom. The lowest BCUT2D eigenvalue weighted by molar-refractivity contribution is -0.121. The molecule has 4 nitrogen and oxygen atoms in total. The van der Waals surface area contributed by atoms with Gasteiger partial charge >= 0.3 is 0 Å². The summed E-state index contributed by atoms with van der Waals surface area (Å²) in [6.45, 7) is 0. The Bertz CT molecular complexity index is 603. The Morgan fingerprint density at radius 3 is 2.80 bits per heavy atom. The zero-order valence-corrected chi connectivity index (χ0v) is 10.9. The van der Waals surface area contributed by atoms with Crippen LogP contribution in [0.2, 0.25) is 0 Å². The fourth-order valence-electron chi connectivity index (χ4n) is 2.06. The van der Waals surface area contributed by atoms with E-state index in [1.807, 2.05) is 0 Å². The Morgan fingerprint density at radius 2 is 2.10 bits per heavy atom. The SMILES string of the molecule is O=C(CCc1conc1-c1ccc(F)cc1)NC1CC1. The molecule has 1 amide bonds. The van der Waals surface area contributed by atoms with E-state index < -0.39 is 0 Å². The number of nitrogens with zero attached hydrogens (tertiary/aromatic N) is 1. The van der Waals surface area contributed by atoms with Crippen LogP contribution in [0.1, 0.15) is 24.8 Å². The van der Waals surface area contributed by atoms with Gasteiger partial charge in [0.1, 0.15) is 17.8 Å². The van der Waals surface area contributed by atoms with Crippen LogP contribution in [0.15, 0.2) is 35.1 Å². The maximum absolute atomic E-state index is 12.9. The van der Waals surface area contributed by atoms with Crippen LogP contribution in [0.5, 0.6) is 0 Å². The molecule has 1 aromatic carbocycles. The number of rotatable bonds is 5. The predicted molar refractivity (Wildman–Crippen MR) is 71.4 cm³/mol. The molecule has 1 aliphatic carbocycles. The van der Waals surface area contributed by atoms with Gasteiger partial charge in [-0.3, -0.25) is 4.79 Å². The van der Waals surface area contributed by atoms with Gasteiger partial charge in [-0.15, -0.1) is 0 Å². The number of nitrogens with one attached hydrogen (secondary N) is 1. The van der Waals surface area contributed by atoms with Gasteiger partial charge in [-0.1, -0.05) is 5.16 Å². The normalized spacial score (nSPS) is 14.2. The van der Waals surface area contributed by atoms with Crippen LogP contribution in [0.25, 0.3) is 11.3 Å². The molecule has 0 radical (unpaired) electrons. The van der Waals surface area contributed by atoms with Crippen LogP contribution >= 0.6 is 0 Å². The molecule has 0 bridgehead atoms. The number of hydrogen-bond acceptors (Lipinski definition) is 3. The van der Waals surface area contributed by atoms with E-state index in [1.165, 1.54) is 12.1 Å². The van der Waals surface area contributed by atoms with Gasteiger partial charge in [-0.25, -0.2) is 4.39 Å². The lowest BCUT2D eigenvalue weighted by Crippen LogP contribution is -2.25. The van der Waals surface area contributed by atoms with Crippen LogP contribution < -0.4 is 5.32 Å². The van der Waals surface area contributed by atoms with Crippen molar-refractivity contribution in [1.82, 2.24) is 10.5 Å². The number of aryl methyl sites for hydroxylation is 1. The van der Waals surface area contributed by atoms with Crippen molar-refractivity contribution in [2.75, 3.05) is 0 Å². The second-order valence-corrected chi connectivity index (χ2v) is 5.04. The summed E-state index contributed by atoms with van der Waals surface area (Å²) in [4.78, 5) is 11.7. The van der Waals surface area contributed by atoms with Gasteiger partial charge in [-0.2, -0.15) is 0 Å². The summed E-state index contributed by atoms with van der Waals surface area (Å²) in [6.07, 6.45) is 4.68. The first-order valence-corrected chi connectivity index (χ1v) is 6.71. The molecule has 0 aliphatic heterocycles. The summed E-state index contributed by atoms with van der Waals surface area (Å²) in [5, 5.41) is 6.88. The van der Waals surface area contributed by atoms with Gasteiger partial charge in [-0.05, 0) is 43.5 Å². The van der Waals surface area contributed by atoms with Crippen molar-refractivity contribution in [1.29, 1.82) is 0 Å². The van der Waals surface area contributed by atoms with Crippen LogP contribution in [0.4, 0.5) is 4.39 Å². The van der Waals surface area contributed by atoms with Crippen LogP contribution in [0.3, 0.4) is 0 Å². The molecule has 1 aliphatic rings. The Kier molecular flexibility index (Phi) is 3.50. The quantitative estimate of drug-likeness (QED) is 0.912. The van der Waals surface area contributed by atoms with Crippen molar-refractivity contribution in [3.05, 3.63) is 41.9 Å². The van der Waals surface area contributed by atoms with E-state index in [0.717, 1.165) is 24.0 Å². The second-order valence-electron chi connectivity index (χ2n) is 5.04. The van der Waals surface area contributed by atoms with E-state index in [4.69, 9.17) is 4.52 Å². The fraction of sp³-hybridized carbons (Fsp3) is 0.333. The van der Waals surface area contributed by atoms with E-state index in [9.17, 15) is 9.18 Å². The molecule has 1 saturated carbocycles. The number of benzene rings is 1. The third-order valence-corrected chi connectivity index (χ3v) is 3.32. The predicted octanol–water partition coefficient (Wildman–Crippen LogP) is 2.69. The van der Waals surface area contributed by atoms with Crippen molar-refractivity contribution < 1.29 is 13.7 Å².